The summed E-state index contributed by atoms with van der Waals surface area (Å²) in [5.74, 6) is -2.09. The first kappa shape index (κ1) is 24.3. The van der Waals surface area contributed by atoms with Crippen LogP contribution in [0.5, 0.6) is 0 Å². The van der Waals surface area contributed by atoms with Gasteiger partial charge in [0.1, 0.15) is 18.2 Å². The molecule has 0 radical (unpaired) electrons. The summed E-state index contributed by atoms with van der Waals surface area (Å²) in [6.07, 6.45) is 0.935. The van der Waals surface area contributed by atoms with Crippen LogP contribution < -0.4 is 16.4 Å². The third kappa shape index (κ3) is 8.59. The molecule has 0 aromatic heterocycles. The molecule has 0 bridgehead atoms. The van der Waals surface area contributed by atoms with Crippen LogP contribution in [-0.4, -0.2) is 65.9 Å². The average Bonchev–Trinajstić information content (AvgIpc) is 2.61. The number of amides is 2. The smallest absolute Gasteiger partial charge is 0.328 e. The summed E-state index contributed by atoms with van der Waals surface area (Å²) in [4.78, 5) is 36.1. The van der Waals surface area contributed by atoms with Crippen LogP contribution in [0, 0.1) is 5.92 Å². The van der Waals surface area contributed by atoms with Crippen molar-refractivity contribution in [3.05, 3.63) is 0 Å². The van der Waals surface area contributed by atoms with E-state index in [0.717, 1.165) is 12.8 Å². The van der Waals surface area contributed by atoms with Crippen LogP contribution in [0.4, 0.5) is 0 Å². The van der Waals surface area contributed by atoms with Crippen LogP contribution in [0.2, 0.25) is 0 Å². The fourth-order valence-corrected chi connectivity index (χ4v) is 2.34. The lowest BCUT2D eigenvalue weighted by molar-refractivity contribution is -0.146. The van der Waals surface area contributed by atoms with E-state index in [1.165, 1.54) is 7.11 Å². The molecule has 0 fully saturated rings. The molecule has 0 aliphatic heterocycles. The van der Waals surface area contributed by atoms with Crippen LogP contribution in [-0.2, 0) is 19.1 Å². The van der Waals surface area contributed by atoms with Crippen LogP contribution in [0.1, 0.15) is 46.5 Å². The average molecular weight is 375 g/mol. The number of esters is 1. The van der Waals surface area contributed by atoms with Gasteiger partial charge in [-0.15, -0.1) is 0 Å². The quantitative estimate of drug-likeness (QED) is 0.276. The normalized spacial score (nSPS) is 15.7. The monoisotopic (exact) mass is 375 g/mol. The summed E-state index contributed by atoms with van der Waals surface area (Å²) in [7, 11) is 1.21. The molecule has 4 unspecified atom stereocenters. The van der Waals surface area contributed by atoms with Gasteiger partial charge in [-0.3, -0.25) is 9.59 Å². The number of ether oxygens (including phenoxy) is 1. The molecular formula is C17H33N3O6. The maximum Gasteiger partial charge on any atom is 0.328 e. The molecule has 0 saturated heterocycles. The first-order valence-corrected chi connectivity index (χ1v) is 8.90. The summed E-state index contributed by atoms with van der Waals surface area (Å²) in [5.41, 5.74) is 5.76. The lowest BCUT2D eigenvalue weighted by atomic mass is 10.0. The first-order chi connectivity index (χ1) is 12.2. The number of hydrogen-bond donors (Lipinski definition) is 5. The maximum absolute atomic E-state index is 12.3. The first-order valence-electron chi connectivity index (χ1n) is 8.90. The molecule has 0 aromatic carbocycles. The molecule has 26 heavy (non-hydrogen) atoms. The minimum absolute atomic E-state index is 0.111. The van der Waals surface area contributed by atoms with Crippen LogP contribution in [0.25, 0.3) is 0 Å². The maximum atomic E-state index is 12.3. The van der Waals surface area contributed by atoms with Gasteiger partial charge in [-0.2, -0.15) is 0 Å². The van der Waals surface area contributed by atoms with Gasteiger partial charge in [0.2, 0.25) is 5.91 Å². The highest BCUT2D eigenvalue weighted by atomic mass is 16.5. The third-order valence-corrected chi connectivity index (χ3v) is 3.89. The van der Waals surface area contributed by atoms with Gasteiger partial charge >= 0.3 is 5.97 Å². The van der Waals surface area contributed by atoms with E-state index in [1.807, 2.05) is 20.8 Å². The number of aliphatic hydroxyl groups is 2. The van der Waals surface area contributed by atoms with E-state index in [9.17, 15) is 24.6 Å². The molecule has 9 nitrogen and oxygen atoms in total. The van der Waals surface area contributed by atoms with Gasteiger partial charge in [-0.05, 0) is 18.8 Å². The van der Waals surface area contributed by atoms with Crippen molar-refractivity contribution in [2.24, 2.45) is 11.7 Å². The number of carbonyl (C=O) groups excluding carboxylic acids is 3. The molecule has 0 aromatic rings. The van der Waals surface area contributed by atoms with E-state index >= 15 is 0 Å². The Hall–Kier alpha value is -1.71. The number of hydrogen-bond acceptors (Lipinski definition) is 7. The molecule has 4 atom stereocenters. The number of carbonyl (C=O) groups is 3. The minimum Gasteiger partial charge on any atom is -0.467 e. The second kappa shape index (κ2) is 12.6. The van der Waals surface area contributed by atoms with Crippen molar-refractivity contribution in [1.29, 1.82) is 0 Å². The molecule has 0 heterocycles. The highest BCUT2D eigenvalue weighted by Gasteiger charge is 2.30. The van der Waals surface area contributed by atoms with Crippen molar-refractivity contribution < 1.29 is 29.3 Å². The van der Waals surface area contributed by atoms with Crippen molar-refractivity contribution in [3.63, 3.8) is 0 Å². The largest absolute Gasteiger partial charge is 0.467 e. The number of aliphatic hydroxyl groups excluding tert-OH is 2. The highest BCUT2D eigenvalue weighted by Crippen LogP contribution is 2.07. The van der Waals surface area contributed by atoms with Gasteiger partial charge in [0.15, 0.2) is 0 Å². The molecule has 0 aliphatic carbocycles. The third-order valence-electron chi connectivity index (χ3n) is 3.89. The Bertz CT molecular complexity index is 458. The number of nitrogens with two attached hydrogens (primary N) is 1. The summed E-state index contributed by atoms with van der Waals surface area (Å²) < 4.78 is 4.66. The Balaban J connectivity index is 4.85. The minimum atomic E-state index is -1.49. The van der Waals surface area contributed by atoms with E-state index < -0.39 is 48.6 Å². The predicted molar refractivity (Wildman–Crippen MR) is 95.9 cm³/mol. The van der Waals surface area contributed by atoms with Crippen LogP contribution >= 0.6 is 0 Å². The van der Waals surface area contributed by atoms with Crippen molar-refractivity contribution >= 4 is 17.8 Å². The predicted octanol–water partition coefficient (Wildman–Crippen LogP) is -0.954. The van der Waals surface area contributed by atoms with E-state index in [-0.39, 0.29) is 5.92 Å². The van der Waals surface area contributed by atoms with E-state index in [1.54, 1.807) is 0 Å². The van der Waals surface area contributed by atoms with Crippen molar-refractivity contribution in [3.8, 4) is 0 Å². The van der Waals surface area contributed by atoms with Gasteiger partial charge in [-0.1, -0.05) is 33.6 Å². The molecule has 2 amide bonds. The standard InChI is InChI=1S/C17H33N3O6/c1-5-6-7-11(18)14(22)16(24)20-13(9-21)15(23)19-12(8-10(2)3)17(25)26-4/h10-14,21-22H,5-9,18H2,1-4H3,(H,19,23)(H,20,24). The van der Waals surface area contributed by atoms with Gasteiger partial charge in [0.25, 0.3) is 5.91 Å². The number of methoxy groups -OCH3 is 1. The SMILES string of the molecule is CCCCC(N)C(O)C(=O)NC(CO)C(=O)NC(CC(C)C)C(=O)OC. The van der Waals surface area contributed by atoms with Crippen molar-refractivity contribution in [1.82, 2.24) is 10.6 Å². The summed E-state index contributed by atoms with van der Waals surface area (Å²) in [6.45, 7) is 5.02. The van der Waals surface area contributed by atoms with E-state index in [2.05, 4.69) is 15.4 Å². The van der Waals surface area contributed by atoms with Crippen LogP contribution in [0.3, 0.4) is 0 Å². The molecule has 152 valence electrons. The topological polar surface area (TPSA) is 151 Å². The molecule has 0 spiro atoms. The number of nitrogens with one attached hydrogen (secondary N) is 2. The fraction of sp³-hybridized carbons (Fsp3) is 0.824. The lowest BCUT2D eigenvalue weighted by Gasteiger charge is -2.24. The zero-order valence-electron chi connectivity index (χ0n) is 16.0. The van der Waals surface area contributed by atoms with Crippen LogP contribution in [0.15, 0.2) is 0 Å². The Labute approximate surface area is 154 Å². The lowest BCUT2D eigenvalue weighted by Crippen LogP contribution is -2.57. The van der Waals surface area contributed by atoms with E-state index in [0.29, 0.717) is 12.8 Å². The molecule has 0 saturated carbocycles. The van der Waals surface area contributed by atoms with Gasteiger partial charge in [0, 0.05) is 6.04 Å². The summed E-state index contributed by atoms with van der Waals surface area (Å²) in [5, 5.41) is 24.0. The fourth-order valence-electron chi connectivity index (χ4n) is 2.34. The second-order valence-electron chi connectivity index (χ2n) is 6.71. The zero-order valence-corrected chi connectivity index (χ0v) is 16.0. The van der Waals surface area contributed by atoms with Crippen molar-refractivity contribution in [2.45, 2.75) is 70.7 Å². The molecular weight excluding hydrogens is 342 g/mol. The zero-order chi connectivity index (χ0) is 20.3. The van der Waals surface area contributed by atoms with E-state index in [4.69, 9.17) is 5.73 Å². The Morgan fingerprint density at radius 2 is 1.69 bits per heavy atom. The molecule has 0 aliphatic rings. The molecule has 6 N–H and O–H groups in total. The van der Waals surface area contributed by atoms with Crippen molar-refractivity contribution in [2.75, 3.05) is 13.7 Å². The Morgan fingerprint density at radius 1 is 1.12 bits per heavy atom. The number of unbranched alkanes of at least 4 members (excludes halogenated alkanes) is 1. The molecule has 9 heteroatoms. The van der Waals surface area contributed by atoms with Gasteiger partial charge in [-0.25, -0.2) is 4.79 Å². The Kier molecular flexibility index (Phi) is 11.8. The van der Waals surface area contributed by atoms with Gasteiger partial charge < -0.3 is 31.3 Å². The summed E-state index contributed by atoms with van der Waals surface area (Å²) in [6, 6.07) is -2.97. The highest BCUT2D eigenvalue weighted by molar-refractivity contribution is 5.92. The Morgan fingerprint density at radius 3 is 2.15 bits per heavy atom. The molecule has 0 rings (SSSR count). The number of rotatable bonds is 12. The second-order valence-corrected chi connectivity index (χ2v) is 6.71. The summed E-state index contributed by atoms with van der Waals surface area (Å²) >= 11 is 0. The van der Waals surface area contributed by atoms with Gasteiger partial charge in [0.05, 0.1) is 13.7 Å².